The number of likely N-dealkylation sites (N-methyl/N-ethyl adjacent to an activating group) is 1. The molecule has 0 rings (SSSR count). The summed E-state index contributed by atoms with van der Waals surface area (Å²) < 4.78 is 0. The average molecular weight is 259 g/mol. The molecule has 0 aromatic rings. The third-order valence-electron chi connectivity index (χ3n) is 2.81. The average Bonchev–Trinajstić information content (AvgIpc) is 2.24. The van der Waals surface area contributed by atoms with Gasteiger partial charge in [0.05, 0.1) is 0 Å². The van der Waals surface area contributed by atoms with Crippen molar-refractivity contribution in [2.24, 2.45) is 0 Å². The summed E-state index contributed by atoms with van der Waals surface area (Å²) in [5.41, 5.74) is 0. The Morgan fingerprint density at radius 3 is 2.11 bits per heavy atom. The maximum Gasteiger partial charge on any atom is 0.323 e. The Hall–Kier alpha value is -1.30. The second-order valence-corrected chi connectivity index (χ2v) is 4.92. The molecule has 0 saturated heterocycles. The summed E-state index contributed by atoms with van der Waals surface area (Å²) >= 11 is 0. The smallest absolute Gasteiger partial charge is 0.323 e. The van der Waals surface area contributed by atoms with Crippen molar-refractivity contribution in [1.29, 1.82) is 0 Å². The first-order valence-corrected chi connectivity index (χ1v) is 6.22. The van der Waals surface area contributed by atoms with Crippen molar-refractivity contribution >= 4 is 12.0 Å². The second kappa shape index (κ2) is 7.92. The highest BCUT2D eigenvalue weighted by atomic mass is 16.4. The van der Waals surface area contributed by atoms with Gasteiger partial charge in [-0.2, -0.15) is 0 Å². The molecule has 0 atom stereocenters. The maximum absolute atomic E-state index is 11.8. The summed E-state index contributed by atoms with van der Waals surface area (Å²) in [6, 6.07) is -0.0457. The molecule has 0 aliphatic carbocycles. The quantitative estimate of drug-likeness (QED) is 0.710. The highest BCUT2D eigenvalue weighted by molar-refractivity contribution is 5.80. The van der Waals surface area contributed by atoms with Gasteiger partial charge in [0.15, 0.2) is 0 Å². The van der Waals surface area contributed by atoms with Crippen molar-refractivity contribution < 1.29 is 14.7 Å². The number of hydrogen-bond acceptors (Lipinski definition) is 3. The Balaban J connectivity index is 4.15. The van der Waals surface area contributed by atoms with Gasteiger partial charge in [0.2, 0.25) is 0 Å². The van der Waals surface area contributed by atoms with Crippen LogP contribution in [0.2, 0.25) is 0 Å². The van der Waals surface area contributed by atoms with Crippen molar-refractivity contribution in [3.05, 3.63) is 0 Å². The Bertz CT molecular complexity index is 280. The van der Waals surface area contributed by atoms with Crippen LogP contribution in [-0.4, -0.2) is 65.7 Å². The number of amides is 2. The molecule has 2 N–H and O–H groups in total. The lowest BCUT2D eigenvalue weighted by Gasteiger charge is -2.26. The summed E-state index contributed by atoms with van der Waals surface area (Å²) in [6.07, 6.45) is 0. The zero-order valence-electron chi connectivity index (χ0n) is 11.9. The van der Waals surface area contributed by atoms with Crippen molar-refractivity contribution in [2.45, 2.75) is 39.8 Å². The standard InChI is InChI=1S/C12H25N3O3/c1-9(2)14(5)7-6-13-12(18)15(10(3)4)8-11(16)17/h9-10H,6-8H2,1-5H3,(H,13,18)(H,16,17). The molecule has 0 heterocycles. The van der Waals surface area contributed by atoms with Crippen LogP contribution in [0.15, 0.2) is 0 Å². The van der Waals surface area contributed by atoms with Gasteiger partial charge in [-0.05, 0) is 34.7 Å². The highest BCUT2D eigenvalue weighted by Gasteiger charge is 2.19. The first-order valence-electron chi connectivity index (χ1n) is 6.22. The first-order chi connectivity index (χ1) is 8.25. The fourth-order valence-corrected chi connectivity index (χ4v) is 1.33. The number of carboxylic acids is 1. The molecular formula is C12H25N3O3. The van der Waals surface area contributed by atoms with Gasteiger partial charge in [0.1, 0.15) is 6.54 Å². The third-order valence-corrected chi connectivity index (χ3v) is 2.81. The Morgan fingerprint density at radius 2 is 1.72 bits per heavy atom. The Labute approximate surface area is 109 Å². The molecule has 2 amide bonds. The fourth-order valence-electron chi connectivity index (χ4n) is 1.33. The van der Waals surface area contributed by atoms with Crippen LogP contribution in [0.1, 0.15) is 27.7 Å². The molecule has 0 saturated carbocycles. The lowest BCUT2D eigenvalue weighted by molar-refractivity contribution is -0.138. The molecule has 106 valence electrons. The van der Waals surface area contributed by atoms with Gasteiger partial charge in [-0.3, -0.25) is 4.79 Å². The van der Waals surface area contributed by atoms with E-state index in [-0.39, 0.29) is 18.6 Å². The van der Waals surface area contributed by atoms with E-state index < -0.39 is 5.97 Å². The number of rotatable bonds is 7. The van der Waals surface area contributed by atoms with Crippen molar-refractivity contribution in [3.63, 3.8) is 0 Å². The summed E-state index contributed by atoms with van der Waals surface area (Å²) in [5, 5.41) is 11.5. The van der Waals surface area contributed by atoms with E-state index in [0.717, 1.165) is 6.54 Å². The largest absolute Gasteiger partial charge is 0.480 e. The van der Waals surface area contributed by atoms with Crippen LogP contribution in [0.25, 0.3) is 0 Å². The molecule has 0 unspecified atom stereocenters. The monoisotopic (exact) mass is 259 g/mol. The van der Waals surface area contributed by atoms with Crippen LogP contribution < -0.4 is 5.32 Å². The van der Waals surface area contributed by atoms with Crippen molar-refractivity contribution in [3.8, 4) is 0 Å². The number of carbonyl (C=O) groups excluding carboxylic acids is 1. The molecule has 0 aromatic heterocycles. The molecule has 0 spiro atoms. The Kier molecular flexibility index (Phi) is 7.35. The zero-order valence-corrected chi connectivity index (χ0v) is 11.9. The van der Waals surface area contributed by atoms with Gasteiger partial charge in [0.25, 0.3) is 0 Å². The predicted molar refractivity (Wildman–Crippen MR) is 70.6 cm³/mol. The molecule has 6 nitrogen and oxygen atoms in total. The lowest BCUT2D eigenvalue weighted by atomic mass is 10.3. The van der Waals surface area contributed by atoms with E-state index >= 15 is 0 Å². The van der Waals surface area contributed by atoms with E-state index in [1.54, 1.807) is 13.8 Å². The van der Waals surface area contributed by atoms with Gasteiger partial charge in [0, 0.05) is 25.2 Å². The number of hydrogen-bond donors (Lipinski definition) is 2. The number of aliphatic carboxylic acids is 1. The van der Waals surface area contributed by atoms with Gasteiger partial charge in [-0.25, -0.2) is 4.79 Å². The minimum absolute atomic E-state index is 0.135. The fraction of sp³-hybridized carbons (Fsp3) is 0.833. The van der Waals surface area contributed by atoms with E-state index in [4.69, 9.17) is 5.11 Å². The number of carboxylic acid groups (broad SMARTS) is 1. The number of urea groups is 1. The van der Waals surface area contributed by atoms with Crippen LogP contribution in [0.3, 0.4) is 0 Å². The topological polar surface area (TPSA) is 72.9 Å². The van der Waals surface area contributed by atoms with Crippen LogP contribution in [-0.2, 0) is 4.79 Å². The van der Waals surface area contributed by atoms with Gasteiger partial charge >= 0.3 is 12.0 Å². The molecule has 6 heteroatoms. The highest BCUT2D eigenvalue weighted by Crippen LogP contribution is 1.98. The van der Waals surface area contributed by atoms with Crippen LogP contribution >= 0.6 is 0 Å². The summed E-state index contributed by atoms with van der Waals surface area (Å²) in [7, 11) is 1.98. The van der Waals surface area contributed by atoms with Gasteiger partial charge in [-0.15, -0.1) is 0 Å². The number of nitrogens with one attached hydrogen (secondary N) is 1. The van der Waals surface area contributed by atoms with Crippen molar-refractivity contribution in [2.75, 3.05) is 26.7 Å². The van der Waals surface area contributed by atoms with Gasteiger partial charge < -0.3 is 20.2 Å². The summed E-state index contributed by atoms with van der Waals surface area (Å²) in [6.45, 7) is 8.72. The molecule has 0 aromatic carbocycles. The minimum Gasteiger partial charge on any atom is -0.480 e. The SMILES string of the molecule is CC(C)N(C)CCNC(=O)N(CC(=O)O)C(C)C. The molecule has 0 aliphatic rings. The van der Waals surface area contributed by atoms with Crippen molar-refractivity contribution in [1.82, 2.24) is 15.1 Å². The molecule has 0 radical (unpaired) electrons. The predicted octanol–water partition coefficient (Wildman–Crippen LogP) is 0.831. The normalized spacial score (nSPS) is 11.1. The van der Waals surface area contributed by atoms with E-state index in [1.807, 2.05) is 7.05 Å². The molecule has 0 bridgehead atoms. The van der Waals surface area contributed by atoms with E-state index in [9.17, 15) is 9.59 Å². The first kappa shape index (κ1) is 16.7. The lowest BCUT2D eigenvalue weighted by Crippen LogP contribution is -2.48. The molecule has 18 heavy (non-hydrogen) atoms. The maximum atomic E-state index is 11.8. The van der Waals surface area contributed by atoms with E-state index in [2.05, 4.69) is 24.1 Å². The van der Waals surface area contributed by atoms with E-state index in [1.165, 1.54) is 4.90 Å². The second-order valence-electron chi connectivity index (χ2n) is 4.92. The zero-order chi connectivity index (χ0) is 14.3. The number of nitrogens with zero attached hydrogens (tertiary/aromatic N) is 2. The minimum atomic E-state index is -1.00. The summed E-state index contributed by atoms with van der Waals surface area (Å²) in [5.74, 6) is -1.00. The van der Waals surface area contributed by atoms with Gasteiger partial charge in [-0.1, -0.05) is 0 Å². The summed E-state index contributed by atoms with van der Waals surface area (Å²) in [4.78, 5) is 25.9. The molecule has 0 fully saturated rings. The Morgan fingerprint density at radius 1 is 1.17 bits per heavy atom. The van der Waals surface area contributed by atoms with Crippen LogP contribution in [0, 0.1) is 0 Å². The number of carbonyl (C=O) groups is 2. The molecule has 0 aliphatic heterocycles. The van der Waals surface area contributed by atoms with Crippen LogP contribution in [0.5, 0.6) is 0 Å². The van der Waals surface area contributed by atoms with Crippen LogP contribution in [0.4, 0.5) is 4.79 Å². The molecular weight excluding hydrogens is 234 g/mol. The third kappa shape index (κ3) is 6.44. The van der Waals surface area contributed by atoms with E-state index in [0.29, 0.717) is 12.6 Å².